The second kappa shape index (κ2) is 7.63. The SMILES string of the molecule is CN(Cc1cc(F)cc2c1OC(c1ccccc1)OC2)S(=O)(=O)c1cccs1. The molecule has 0 spiro atoms. The molecule has 1 atom stereocenters. The highest BCUT2D eigenvalue weighted by atomic mass is 32.2. The summed E-state index contributed by atoms with van der Waals surface area (Å²) in [5.74, 6) is 0.00997. The molecule has 0 fully saturated rings. The van der Waals surface area contributed by atoms with Crippen molar-refractivity contribution in [1.82, 2.24) is 4.31 Å². The lowest BCUT2D eigenvalue weighted by molar-refractivity contribution is -0.112. The van der Waals surface area contributed by atoms with Crippen LogP contribution in [0.15, 0.2) is 64.2 Å². The van der Waals surface area contributed by atoms with Crippen LogP contribution >= 0.6 is 11.3 Å². The van der Waals surface area contributed by atoms with Gasteiger partial charge in [0, 0.05) is 30.3 Å². The number of hydrogen-bond acceptors (Lipinski definition) is 5. The molecule has 3 aromatic rings. The zero-order chi connectivity index (χ0) is 19.7. The minimum absolute atomic E-state index is 0.0121. The van der Waals surface area contributed by atoms with Gasteiger partial charge in [0.15, 0.2) is 0 Å². The fourth-order valence-electron chi connectivity index (χ4n) is 3.06. The van der Waals surface area contributed by atoms with Crippen molar-refractivity contribution in [2.24, 2.45) is 0 Å². The van der Waals surface area contributed by atoms with Crippen LogP contribution in [0.1, 0.15) is 23.0 Å². The molecule has 2 aromatic carbocycles. The second-order valence-electron chi connectivity index (χ2n) is 6.42. The van der Waals surface area contributed by atoms with E-state index in [1.54, 1.807) is 17.5 Å². The van der Waals surface area contributed by atoms with Crippen LogP contribution in [0.3, 0.4) is 0 Å². The Hall–Kier alpha value is -2.26. The van der Waals surface area contributed by atoms with E-state index in [1.807, 2.05) is 30.3 Å². The van der Waals surface area contributed by atoms with Gasteiger partial charge >= 0.3 is 0 Å². The maximum Gasteiger partial charge on any atom is 0.252 e. The van der Waals surface area contributed by atoms with Gasteiger partial charge in [0.25, 0.3) is 10.0 Å². The van der Waals surface area contributed by atoms with Crippen molar-refractivity contribution in [3.05, 3.63) is 82.5 Å². The third-order valence-electron chi connectivity index (χ3n) is 4.45. The number of nitrogens with zero attached hydrogens (tertiary/aromatic N) is 1. The molecule has 0 amide bonds. The van der Waals surface area contributed by atoms with Crippen LogP contribution in [0.2, 0.25) is 0 Å². The van der Waals surface area contributed by atoms with Crippen molar-refractivity contribution in [2.45, 2.75) is 23.7 Å². The molecule has 0 saturated carbocycles. The van der Waals surface area contributed by atoms with Gasteiger partial charge in [-0.25, -0.2) is 12.8 Å². The van der Waals surface area contributed by atoms with Gasteiger partial charge in [0.2, 0.25) is 6.29 Å². The number of rotatable bonds is 5. The minimum atomic E-state index is -3.66. The van der Waals surface area contributed by atoms with Gasteiger partial charge in [0.1, 0.15) is 15.8 Å². The first-order chi connectivity index (χ1) is 13.4. The molecule has 0 radical (unpaired) electrons. The summed E-state index contributed by atoms with van der Waals surface area (Å²) >= 11 is 1.14. The quantitative estimate of drug-likeness (QED) is 0.618. The van der Waals surface area contributed by atoms with E-state index in [0.29, 0.717) is 16.9 Å². The van der Waals surface area contributed by atoms with Crippen LogP contribution in [-0.2, 0) is 27.9 Å². The summed E-state index contributed by atoms with van der Waals surface area (Å²) < 4.78 is 52.7. The van der Waals surface area contributed by atoms with Crippen LogP contribution < -0.4 is 4.74 Å². The molecule has 0 aliphatic carbocycles. The van der Waals surface area contributed by atoms with Gasteiger partial charge in [-0.05, 0) is 23.6 Å². The molecule has 1 unspecified atom stereocenters. The Kier molecular flexibility index (Phi) is 5.20. The van der Waals surface area contributed by atoms with Gasteiger partial charge in [0.05, 0.1) is 6.61 Å². The number of benzene rings is 2. The normalized spacial score (nSPS) is 16.6. The summed E-state index contributed by atoms with van der Waals surface area (Å²) in [5.41, 5.74) is 1.86. The Labute approximate surface area is 167 Å². The molecule has 0 saturated heterocycles. The lowest BCUT2D eigenvalue weighted by Crippen LogP contribution is -2.27. The smallest absolute Gasteiger partial charge is 0.252 e. The van der Waals surface area contributed by atoms with Crippen LogP contribution in [0, 0.1) is 5.82 Å². The van der Waals surface area contributed by atoms with E-state index < -0.39 is 22.1 Å². The van der Waals surface area contributed by atoms with E-state index in [9.17, 15) is 12.8 Å². The Morgan fingerprint density at radius 2 is 1.96 bits per heavy atom. The molecule has 1 aliphatic heterocycles. The summed E-state index contributed by atoms with van der Waals surface area (Å²) in [6.45, 7) is 0.170. The first-order valence-electron chi connectivity index (χ1n) is 8.59. The van der Waals surface area contributed by atoms with E-state index in [2.05, 4.69) is 0 Å². The molecule has 0 bridgehead atoms. The van der Waals surface area contributed by atoms with Gasteiger partial charge < -0.3 is 9.47 Å². The molecule has 4 rings (SSSR count). The molecule has 5 nitrogen and oxygen atoms in total. The van der Waals surface area contributed by atoms with E-state index in [0.717, 1.165) is 16.9 Å². The Morgan fingerprint density at radius 1 is 1.18 bits per heavy atom. The maximum absolute atomic E-state index is 14.1. The number of ether oxygens (including phenoxy) is 2. The number of thiophene rings is 1. The standard InChI is InChI=1S/C20H18FNO4S2/c1-22(28(23,24)18-8-5-9-27-18)12-15-10-17(21)11-16-13-25-20(26-19(15)16)14-6-3-2-4-7-14/h2-11,20H,12-13H2,1H3. The molecule has 0 N–H and O–H groups in total. The topological polar surface area (TPSA) is 55.8 Å². The highest BCUT2D eigenvalue weighted by Gasteiger charge is 2.28. The fourth-order valence-corrected chi connectivity index (χ4v) is 5.41. The van der Waals surface area contributed by atoms with Crippen molar-refractivity contribution in [1.29, 1.82) is 0 Å². The molecule has 2 heterocycles. The monoisotopic (exact) mass is 419 g/mol. The van der Waals surface area contributed by atoms with E-state index >= 15 is 0 Å². The van der Waals surface area contributed by atoms with Crippen LogP contribution in [0.5, 0.6) is 5.75 Å². The molecule has 146 valence electrons. The fraction of sp³-hybridized carbons (Fsp3) is 0.200. The van der Waals surface area contributed by atoms with Crippen molar-refractivity contribution in [3.63, 3.8) is 0 Å². The number of sulfonamides is 1. The zero-order valence-electron chi connectivity index (χ0n) is 15.0. The molecule has 8 heteroatoms. The summed E-state index contributed by atoms with van der Waals surface area (Å²) in [7, 11) is -2.18. The molecule has 1 aliphatic rings. The predicted octanol–water partition coefficient (Wildman–Crippen LogP) is 4.32. The van der Waals surface area contributed by atoms with Crippen LogP contribution in [0.4, 0.5) is 4.39 Å². The van der Waals surface area contributed by atoms with Crippen molar-refractivity contribution < 1.29 is 22.3 Å². The average molecular weight is 419 g/mol. The van der Waals surface area contributed by atoms with Gasteiger partial charge in [-0.2, -0.15) is 4.31 Å². The maximum atomic E-state index is 14.1. The van der Waals surface area contributed by atoms with Gasteiger partial charge in [-0.3, -0.25) is 0 Å². The third-order valence-corrected chi connectivity index (χ3v) is 7.62. The summed E-state index contributed by atoms with van der Waals surface area (Å²) in [4.78, 5) is 0. The third kappa shape index (κ3) is 3.68. The Bertz CT molecular complexity index is 1070. The summed E-state index contributed by atoms with van der Waals surface area (Å²) in [6.07, 6.45) is -0.628. The van der Waals surface area contributed by atoms with E-state index in [1.165, 1.54) is 23.5 Å². The van der Waals surface area contributed by atoms with Crippen LogP contribution in [-0.4, -0.2) is 19.8 Å². The zero-order valence-corrected chi connectivity index (χ0v) is 16.7. The first-order valence-corrected chi connectivity index (χ1v) is 10.9. The Morgan fingerprint density at radius 3 is 2.68 bits per heavy atom. The highest BCUT2D eigenvalue weighted by Crippen LogP contribution is 2.37. The van der Waals surface area contributed by atoms with Crippen molar-refractivity contribution in [2.75, 3.05) is 7.05 Å². The van der Waals surface area contributed by atoms with E-state index in [-0.39, 0.29) is 17.4 Å². The molecule has 1 aromatic heterocycles. The lowest BCUT2D eigenvalue weighted by Gasteiger charge is -2.29. The first kappa shape index (κ1) is 19.1. The largest absolute Gasteiger partial charge is 0.460 e. The second-order valence-corrected chi connectivity index (χ2v) is 9.64. The lowest BCUT2D eigenvalue weighted by atomic mass is 10.1. The van der Waals surface area contributed by atoms with Crippen molar-refractivity contribution >= 4 is 21.4 Å². The Balaban J connectivity index is 1.65. The molecular formula is C20H18FNO4S2. The van der Waals surface area contributed by atoms with E-state index in [4.69, 9.17) is 9.47 Å². The van der Waals surface area contributed by atoms with Gasteiger partial charge in [-0.1, -0.05) is 36.4 Å². The molecular weight excluding hydrogens is 401 g/mol. The highest BCUT2D eigenvalue weighted by molar-refractivity contribution is 7.91. The number of fused-ring (bicyclic) bond motifs is 1. The predicted molar refractivity (Wildman–Crippen MR) is 104 cm³/mol. The van der Waals surface area contributed by atoms with Crippen LogP contribution in [0.25, 0.3) is 0 Å². The van der Waals surface area contributed by atoms with Crippen molar-refractivity contribution in [3.8, 4) is 5.75 Å². The number of hydrogen-bond donors (Lipinski definition) is 0. The summed E-state index contributed by atoms with van der Waals surface area (Å²) in [6, 6.07) is 15.3. The number of halogens is 1. The molecule has 28 heavy (non-hydrogen) atoms. The minimum Gasteiger partial charge on any atom is -0.460 e. The van der Waals surface area contributed by atoms with Gasteiger partial charge in [-0.15, -0.1) is 11.3 Å². The average Bonchev–Trinajstić information content (AvgIpc) is 3.24. The summed E-state index contributed by atoms with van der Waals surface area (Å²) in [5, 5.41) is 1.70.